The zero-order valence-corrected chi connectivity index (χ0v) is 13.5. The van der Waals surface area contributed by atoms with E-state index in [2.05, 4.69) is 34.0 Å². The quantitative estimate of drug-likeness (QED) is 0.879. The number of benzene rings is 1. The summed E-state index contributed by atoms with van der Waals surface area (Å²) in [6.07, 6.45) is 0. The molecule has 1 heterocycles. The van der Waals surface area contributed by atoms with Gasteiger partial charge in [-0.05, 0) is 38.5 Å². The topological polar surface area (TPSA) is 41.0 Å². The van der Waals surface area contributed by atoms with Crippen LogP contribution in [0.5, 0.6) is 0 Å². The highest BCUT2D eigenvalue weighted by molar-refractivity contribution is 6.30. The van der Waals surface area contributed by atoms with Gasteiger partial charge in [-0.2, -0.15) is 0 Å². The molecule has 0 amide bonds. The molecular weight excluding hydrogens is 284 g/mol. The number of aryl methyl sites for hydroxylation is 1. The Morgan fingerprint density at radius 3 is 2.38 bits per heavy atom. The molecule has 0 unspecified atom stereocenters. The largest absolute Gasteiger partial charge is 0.366 e. The van der Waals surface area contributed by atoms with Crippen molar-refractivity contribution in [3.63, 3.8) is 0 Å². The van der Waals surface area contributed by atoms with Crippen LogP contribution in [0.2, 0.25) is 5.02 Å². The minimum absolute atomic E-state index is 0.714. The van der Waals surface area contributed by atoms with Crippen molar-refractivity contribution in [2.24, 2.45) is 0 Å². The number of aromatic nitrogens is 2. The van der Waals surface area contributed by atoms with Crippen LogP contribution in [0.3, 0.4) is 0 Å². The molecule has 2 rings (SSSR count). The minimum Gasteiger partial charge on any atom is -0.366 e. The molecule has 4 nitrogen and oxygen atoms in total. The number of hydrogen-bond donors (Lipinski definition) is 1. The fourth-order valence-corrected chi connectivity index (χ4v) is 2.27. The van der Waals surface area contributed by atoms with Gasteiger partial charge in [-0.3, -0.25) is 0 Å². The molecule has 21 heavy (non-hydrogen) atoms. The Labute approximate surface area is 131 Å². The second-order valence-corrected chi connectivity index (χ2v) is 5.25. The first-order valence-corrected chi connectivity index (χ1v) is 7.59. The highest BCUT2D eigenvalue weighted by atomic mass is 35.5. The Kier molecular flexibility index (Phi) is 5.39. The molecule has 1 N–H and O–H groups in total. The first-order chi connectivity index (χ1) is 10.1. The Balaban J connectivity index is 2.10. The molecule has 0 bridgehead atoms. The van der Waals surface area contributed by atoms with Gasteiger partial charge >= 0.3 is 0 Å². The van der Waals surface area contributed by atoms with Crippen molar-refractivity contribution >= 4 is 23.2 Å². The van der Waals surface area contributed by atoms with E-state index in [0.29, 0.717) is 6.54 Å². The van der Waals surface area contributed by atoms with Gasteiger partial charge in [0.2, 0.25) is 0 Å². The first-order valence-electron chi connectivity index (χ1n) is 7.21. The molecule has 0 aliphatic carbocycles. The third-order valence-electron chi connectivity index (χ3n) is 3.30. The standard InChI is InChI=1S/C16H21ClN4/c1-4-21(5-2)16-10-15(19-12(3)20-16)18-11-13-6-8-14(17)9-7-13/h6-10H,4-5,11H2,1-3H3,(H,18,19,20). The molecule has 0 saturated carbocycles. The van der Waals surface area contributed by atoms with Crippen LogP contribution in [-0.4, -0.2) is 23.1 Å². The van der Waals surface area contributed by atoms with E-state index in [0.717, 1.165) is 35.6 Å². The molecule has 2 aromatic rings. The van der Waals surface area contributed by atoms with Gasteiger partial charge in [0.15, 0.2) is 0 Å². The average Bonchev–Trinajstić information content (AvgIpc) is 2.47. The SMILES string of the molecule is CCN(CC)c1cc(NCc2ccc(Cl)cc2)nc(C)n1. The smallest absolute Gasteiger partial charge is 0.134 e. The summed E-state index contributed by atoms with van der Waals surface area (Å²) in [6.45, 7) is 8.75. The zero-order chi connectivity index (χ0) is 15.2. The molecule has 5 heteroatoms. The van der Waals surface area contributed by atoms with Gasteiger partial charge in [0, 0.05) is 30.7 Å². The van der Waals surface area contributed by atoms with E-state index in [-0.39, 0.29) is 0 Å². The van der Waals surface area contributed by atoms with Crippen LogP contribution in [0.4, 0.5) is 11.6 Å². The minimum atomic E-state index is 0.714. The van der Waals surface area contributed by atoms with E-state index < -0.39 is 0 Å². The molecule has 1 aromatic carbocycles. The highest BCUT2D eigenvalue weighted by Gasteiger charge is 2.07. The predicted molar refractivity (Wildman–Crippen MR) is 89.1 cm³/mol. The third-order valence-corrected chi connectivity index (χ3v) is 3.55. The number of hydrogen-bond acceptors (Lipinski definition) is 4. The van der Waals surface area contributed by atoms with Crippen LogP contribution in [0.15, 0.2) is 30.3 Å². The summed E-state index contributed by atoms with van der Waals surface area (Å²) >= 11 is 5.89. The average molecular weight is 305 g/mol. The lowest BCUT2D eigenvalue weighted by Gasteiger charge is -2.20. The first kappa shape index (κ1) is 15.6. The van der Waals surface area contributed by atoms with Crippen molar-refractivity contribution in [1.82, 2.24) is 9.97 Å². The van der Waals surface area contributed by atoms with E-state index in [4.69, 9.17) is 11.6 Å². The van der Waals surface area contributed by atoms with E-state index >= 15 is 0 Å². The number of anilines is 2. The van der Waals surface area contributed by atoms with Gasteiger partial charge in [0.25, 0.3) is 0 Å². The van der Waals surface area contributed by atoms with E-state index in [9.17, 15) is 0 Å². The van der Waals surface area contributed by atoms with Crippen LogP contribution in [0.1, 0.15) is 25.2 Å². The van der Waals surface area contributed by atoms with Gasteiger partial charge < -0.3 is 10.2 Å². The summed E-state index contributed by atoms with van der Waals surface area (Å²) < 4.78 is 0. The van der Waals surface area contributed by atoms with Gasteiger partial charge in [-0.1, -0.05) is 23.7 Å². The van der Waals surface area contributed by atoms with Crippen LogP contribution < -0.4 is 10.2 Å². The van der Waals surface area contributed by atoms with E-state index in [1.807, 2.05) is 37.3 Å². The van der Waals surface area contributed by atoms with Crippen molar-refractivity contribution in [1.29, 1.82) is 0 Å². The van der Waals surface area contributed by atoms with Gasteiger partial charge in [-0.15, -0.1) is 0 Å². The summed E-state index contributed by atoms with van der Waals surface area (Å²) in [5.74, 6) is 2.59. The van der Waals surface area contributed by atoms with Crippen molar-refractivity contribution in [3.05, 3.63) is 46.7 Å². The van der Waals surface area contributed by atoms with Gasteiger partial charge in [0.05, 0.1) is 0 Å². The Bertz CT molecular complexity index is 579. The maximum atomic E-state index is 5.89. The molecule has 0 aliphatic heterocycles. The van der Waals surface area contributed by atoms with Crippen LogP contribution in [0, 0.1) is 6.92 Å². The number of nitrogens with one attached hydrogen (secondary N) is 1. The summed E-state index contributed by atoms with van der Waals surface area (Å²) in [7, 11) is 0. The van der Waals surface area contributed by atoms with Gasteiger partial charge in [-0.25, -0.2) is 9.97 Å². The molecular formula is C16H21ClN4. The Hall–Kier alpha value is -1.81. The van der Waals surface area contributed by atoms with E-state index in [1.165, 1.54) is 5.56 Å². The van der Waals surface area contributed by atoms with Crippen molar-refractivity contribution < 1.29 is 0 Å². The summed E-state index contributed by atoms with van der Waals surface area (Å²) in [4.78, 5) is 11.2. The predicted octanol–water partition coefficient (Wildman–Crippen LogP) is 3.90. The van der Waals surface area contributed by atoms with Gasteiger partial charge in [0.1, 0.15) is 17.5 Å². The van der Waals surface area contributed by atoms with E-state index in [1.54, 1.807) is 0 Å². The number of rotatable bonds is 6. The Morgan fingerprint density at radius 1 is 1.10 bits per heavy atom. The zero-order valence-electron chi connectivity index (χ0n) is 12.7. The second-order valence-electron chi connectivity index (χ2n) is 4.81. The summed E-state index contributed by atoms with van der Waals surface area (Å²) in [6, 6.07) is 9.80. The monoisotopic (exact) mass is 304 g/mol. The number of nitrogens with zero attached hydrogens (tertiary/aromatic N) is 3. The molecule has 0 aliphatic rings. The van der Waals surface area contributed by atoms with Crippen LogP contribution >= 0.6 is 11.6 Å². The second kappa shape index (κ2) is 7.27. The van der Waals surface area contributed by atoms with Crippen molar-refractivity contribution in [2.75, 3.05) is 23.3 Å². The van der Waals surface area contributed by atoms with Crippen molar-refractivity contribution in [3.8, 4) is 0 Å². The van der Waals surface area contributed by atoms with Crippen molar-refractivity contribution in [2.45, 2.75) is 27.3 Å². The molecule has 0 spiro atoms. The number of halogens is 1. The fraction of sp³-hybridized carbons (Fsp3) is 0.375. The lowest BCUT2D eigenvalue weighted by molar-refractivity contribution is 0.834. The molecule has 0 fully saturated rings. The fourth-order valence-electron chi connectivity index (χ4n) is 2.15. The summed E-state index contributed by atoms with van der Waals surface area (Å²) in [5, 5.41) is 4.09. The molecule has 0 radical (unpaired) electrons. The maximum Gasteiger partial charge on any atom is 0.134 e. The van der Waals surface area contributed by atoms with Crippen LogP contribution in [-0.2, 0) is 6.54 Å². The summed E-state index contributed by atoms with van der Waals surface area (Å²) in [5.41, 5.74) is 1.17. The lowest BCUT2D eigenvalue weighted by Crippen LogP contribution is -2.23. The molecule has 0 saturated heterocycles. The normalized spacial score (nSPS) is 10.5. The molecule has 0 atom stereocenters. The molecule has 112 valence electrons. The van der Waals surface area contributed by atoms with Crippen LogP contribution in [0.25, 0.3) is 0 Å². The lowest BCUT2D eigenvalue weighted by atomic mass is 10.2. The Morgan fingerprint density at radius 2 is 1.76 bits per heavy atom. The molecule has 1 aromatic heterocycles. The maximum absolute atomic E-state index is 5.89. The highest BCUT2D eigenvalue weighted by Crippen LogP contribution is 2.17. The third kappa shape index (κ3) is 4.33.